The topological polar surface area (TPSA) is 126 Å². The molecule has 1 rings (SSSR count). The van der Waals surface area contributed by atoms with Crippen molar-refractivity contribution in [2.45, 2.75) is 25.5 Å². The van der Waals surface area contributed by atoms with Gasteiger partial charge in [0.05, 0.1) is 18.2 Å². The third-order valence-electron chi connectivity index (χ3n) is 1.98. The lowest BCUT2D eigenvalue weighted by Gasteiger charge is -2.16. The first kappa shape index (κ1) is 13.4. The number of hydrogen-bond donors (Lipinski definition) is 4. The standard InChI is InChI=1S/C9H13N3O4S/c1-4(13)7(8(15)16)12-6(14)2-5-3-17-9(10)11-5/h3-4,7,13H,2H2,1H3,(H2,10,11)(H,12,14)(H,15,16). The average Bonchev–Trinajstić information content (AvgIpc) is 2.59. The Morgan fingerprint density at radius 3 is 2.71 bits per heavy atom. The van der Waals surface area contributed by atoms with Crippen LogP contribution in [0.3, 0.4) is 0 Å². The molecular formula is C9H13N3O4S. The van der Waals surface area contributed by atoms with Crippen LogP contribution in [0.2, 0.25) is 0 Å². The molecule has 5 N–H and O–H groups in total. The molecule has 1 aromatic rings. The van der Waals surface area contributed by atoms with Gasteiger partial charge >= 0.3 is 5.97 Å². The van der Waals surface area contributed by atoms with Crippen LogP contribution in [0.15, 0.2) is 5.38 Å². The number of nitrogen functional groups attached to an aromatic ring is 1. The molecule has 0 spiro atoms. The van der Waals surface area contributed by atoms with E-state index in [1.54, 1.807) is 5.38 Å². The van der Waals surface area contributed by atoms with Crippen molar-refractivity contribution < 1.29 is 19.8 Å². The average molecular weight is 259 g/mol. The largest absolute Gasteiger partial charge is 0.480 e. The van der Waals surface area contributed by atoms with Gasteiger partial charge in [-0.2, -0.15) is 0 Å². The number of aromatic nitrogens is 1. The van der Waals surface area contributed by atoms with Crippen molar-refractivity contribution in [1.82, 2.24) is 10.3 Å². The molecule has 0 aliphatic heterocycles. The number of thiazole rings is 1. The molecule has 0 aliphatic carbocycles. The first-order valence-corrected chi connectivity index (χ1v) is 5.68. The SMILES string of the molecule is CC(O)C(NC(=O)Cc1csc(N)n1)C(=O)O. The number of carbonyl (C=O) groups is 2. The minimum Gasteiger partial charge on any atom is -0.480 e. The number of hydrogen-bond acceptors (Lipinski definition) is 6. The zero-order chi connectivity index (χ0) is 13.0. The first-order chi connectivity index (χ1) is 7.90. The summed E-state index contributed by atoms with van der Waals surface area (Å²) in [5.74, 6) is -1.81. The highest BCUT2D eigenvalue weighted by atomic mass is 32.1. The van der Waals surface area contributed by atoms with Crippen LogP contribution in [0, 0.1) is 0 Å². The van der Waals surface area contributed by atoms with Gasteiger partial charge in [-0.25, -0.2) is 9.78 Å². The predicted molar refractivity (Wildman–Crippen MR) is 61.5 cm³/mol. The normalized spacial score (nSPS) is 14.0. The highest BCUT2D eigenvalue weighted by Gasteiger charge is 2.25. The molecule has 1 amide bonds. The van der Waals surface area contributed by atoms with E-state index in [2.05, 4.69) is 10.3 Å². The van der Waals surface area contributed by atoms with Crippen molar-refractivity contribution in [2.75, 3.05) is 5.73 Å². The molecule has 0 aromatic carbocycles. The monoisotopic (exact) mass is 259 g/mol. The molecule has 8 heteroatoms. The number of nitrogens with one attached hydrogen (secondary N) is 1. The molecule has 2 unspecified atom stereocenters. The summed E-state index contributed by atoms with van der Waals surface area (Å²) in [6, 6.07) is -1.32. The number of nitrogens with zero attached hydrogens (tertiary/aromatic N) is 1. The fourth-order valence-corrected chi connectivity index (χ4v) is 1.74. The number of aliphatic hydroxyl groups is 1. The second kappa shape index (κ2) is 5.60. The fraction of sp³-hybridized carbons (Fsp3) is 0.444. The summed E-state index contributed by atoms with van der Waals surface area (Å²) >= 11 is 1.20. The van der Waals surface area contributed by atoms with Gasteiger partial charge in [0.15, 0.2) is 11.2 Å². The van der Waals surface area contributed by atoms with E-state index in [-0.39, 0.29) is 6.42 Å². The maximum absolute atomic E-state index is 11.5. The van der Waals surface area contributed by atoms with Crippen LogP contribution in [-0.2, 0) is 16.0 Å². The van der Waals surface area contributed by atoms with Gasteiger partial charge in [-0.1, -0.05) is 0 Å². The van der Waals surface area contributed by atoms with Gasteiger partial charge in [-0.3, -0.25) is 4.79 Å². The molecule has 1 aromatic heterocycles. The summed E-state index contributed by atoms with van der Waals surface area (Å²) in [5.41, 5.74) is 5.87. The van der Waals surface area contributed by atoms with E-state index in [9.17, 15) is 14.7 Å². The van der Waals surface area contributed by atoms with Crippen molar-refractivity contribution in [3.63, 3.8) is 0 Å². The summed E-state index contributed by atoms with van der Waals surface area (Å²) in [6.07, 6.45) is -1.23. The molecule has 1 heterocycles. The first-order valence-electron chi connectivity index (χ1n) is 4.80. The van der Waals surface area contributed by atoms with E-state index in [1.807, 2.05) is 0 Å². The van der Waals surface area contributed by atoms with E-state index in [1.165, 1.54) is 18.3 Å². The minimum atomic E-state index is -1.32. The minimum absolute atomic E-state index is 0.0653. The van der Waals surface area contributed by atoms with Gasteiger partial charge in [-0.15, -0.1) is 11.3 Å². The van der Waals surface area contributed by atoms with Crippen molar-refractivity contribution in [1.29, 1.82) is 0 Å². The number of anilines is 1. The number of nitrogens with two attached hydrogens (primary N) is 1. The lowest BCUT2D eigenvalue weighted by Crippen LogP contribution is -2.48. The number of carbonyl (C=O) groups excluding carboxylic acids is 1. The van der Waals surface area contributed by atoms with Gasteiger partial charge in [-0.05, 0) is 6.92 Å². The van der Waals surface area contributed by atoms with E-state index < -0.39 is 24.0 Å². The third kappa shape index (κ3) is 4.00. The molecule has 0 radical (unpaired) electrons. The lowest BCUT2D eigenvalue weighted by atomic mass is 10.2. The smallest absolute Gasteiger partial charge is 0.328 e. The molecule has 0 aliphatic rings. The Morgan fingerprint density at radius 1 is 1.65 bits per heavy atom. The number of carboxylic acids is 1. The highest BCUT2D eigenvalue weighted by molar-refractivity contribution is 7.13. The van der Waals surface area contributed by atoms with E-state index in [4.69, 9.17) is 10.8 Å². The lowest BCUT2D eigenvalue weighted by molar-refractivity contribution is -0.144. The van der Waals surface area contributed by atoms with Crippen LogP contribution in [-0.4, -0.2) is 39.2 Å². The zero-order valence-corrected chi connectivity index (χ0v) is 9.90. The number of rotatable bonds is 5. The summed E-state index contributed by atoms with van der Waals surface area (Å²) in [4.78, 5) is 26.1. The Kier molecular flexibility index (Phi) is 4.41. The molecule has 17 heavy (non-hydrogen) atoms. The van der Waals surface area contributed by atoms with Gasteiger partial charge in [0.2, 0.25) is 5.91 Å². The number of carboxylic acid groups (broad SMARTS) is 1. The van der Waals surface area contributed by atoms with Gasteiger partial charge in [0, 0.05) is 5.38 Å². The van der Waals surface area contributed by atoms with Crippen LogP contribution >= 0.6 is 11.3 Å². The summed E-state index contributed by atoms with van der Waals surface area (Å²) in [5, 5.41) is 22.1. The Morgan fingerprint density at radius 2 is 2.29 bits per heavy atom. The quantitative estimate of drug-likeness (QED) is 0.549. The molecular weight excluding hydrogens is 246 g/mol. The second-order valence-electron chi connectivity index (χ2n) is 3.48. The van der Waals surface area contributed by atoms with Gasteiger partial charge < -0.3 is 21.3 Å². The molecule has 94 valence electrons. The number of aliphatic hydroxyl groups excluding tert-OH is 1. The predicted octanol–water partition coefficient (Wildman–Crippen LogP) is -0.782. The van der Waals surface area contributed by atoms with E-state index >= 15 is 0 Å². The maximum Gasteiger partial charge on any atom is 0.328 e. The maximum atomic E-state index is 11.5. The van der Waals surface area contributed by atoms with E-state index in [0.717, 1.165) is 0 Å². The Bertz CT molecular complexity index is 418. The van der Waals surface area contributed by atoms with Crippen LogP contribution in [0.5, 0.6) is 0 Å². The van der Waals surface area contributed by atoms with Crippen LogP contribution in [0.25, 0.3) is 0 Å². The fourth-order valence-electron chi connectivity index (χ4n) is 1.18. The molecule has 0 fully saturated rings. The summed E-state index contributed by atoms with van der Waals surface area (Å²) in [7, 11) is 0. The Labute approximate surface area is 101 Å². The van der Waals surface area contributed by atoms with Crippen LogP contribution in [0.1, 0.15) is 12.6 Å². The van der Waals surface area contributed by atoms with Crippen molar-refractivity contribution >= 4 is 28.3 Å². The van der Waals surface area contributed by atoms with Gasteiger partial charge in [0.1, 0.15) is 0 Å². The van der Waals surface area contributed by atoms with E-state index in [0.29, 0.717) is 10.8 Å². The number of aliphatic carboxylic acids is 1. The van der Waals surface area contributed by atoms with Crippen molar-refractivity contribution in [3.8, 4) is 0 Å². The Hall–Kier alpha value is -1.67. The summed E-state index contributed by atoms with van der Waals surface area (Å²) in [6.45, 7) is 1.29. The molecule has 0 saturated carbocycles. The zero-order valence-electron chi connectivity index (χ0n) is 9.08. The van der Waals surface area contributed by atoms with Gasteiger partial charge in [0.25, 0.3) is 0 Å². The molecule has 0 saturated heterocycles. The summed E-state index contributed by atoms with van der Waals surface area (Å²) < 4.78 is 0. The molecule has 0 bridgehead atoms. The molecule has 7 nitrogen and oxygen atoms in total. The van der Waals surface area contributed by atoms with Crippen molar-refractivity contribution in [3.05, 3.63) is 11.1 Å². The number of amides is 1. The van der Waals surface area contributed by atoms with Crippen LogP contribution in [0.4, 0.5) is 5.13 Å². The van der Waals surface area contributed by atoms with Crippen molar-refractivity contribution in [2.24, 2.45) is 0 Å². The third-order valence-corrected chi connectivity index (χ3v) is 2.70. The Balaban J connectivity index is 2.56. The molecule has 2 atom stereocenters. The highest BCUT2D eigenvalue weighted by Crippen LogP contribution is 2.11. The van der Waals surface area contributed by atoms with Crippen LogP contribution < -0.4 is 11.1 Å². The second-order valence-corrected chi connectivity index (χ2v) is 4.37.